The molecule has 0 saturated carbocycles. The van der Waals surface area contributed by atoms with E-state index in [2.05, 4.69) is 15.9 Å². The van der Waals surface area contributed by atoms with Crippen LogP contribution in [0, 0.1) is 0 Å². The normalized spacial score (nSPS) is 16.4. The molecule has 1 amide bonds. The summed E-state index contributed by atoms with van der Waals surface area (Å²) < 4.78 is 11.4. The van der Waals surface area contributed by atoms with Gasteiger partial charge in [-0.1, -0.05) is 28.8 Å². The lowest BCUT2D eigenvalue weighted by Gasteiger charge is -2.23. The smallest absolute Gasteiger partial charge is 0.331 e. The molecular weight excluding hydrogens is 386 g/mol. The van der Waals surface area contributed by atoms with Gasteiger partial charge < -0.3 is 14.4 Å². The Balaban J connectivity index is 1.94. The third-order valence-corrected chi connectivity index (χ3v) is 4.64. The van der Waals surface area contributed by atoms with Crippen LogP contribution in [0.5, 0.6) is 5.75 Å². The first-order chi connectivity index (χ1) is 12.0. The zero-order chi connectivity index (χ0) is 18.2. The highest BCUT2D eigenvalue weighted by molar-refractivity contribution is 9.10. The minimum Gasteiger partial charge on any atom is -0.496 e. The van der Waals surface area contributed by atoms with Crippen molar-refractivity contribution in [3.63, 3.8) is 0 Å². The first-order valence-corrected chi connectivity index (χ1v) is 9.31. The predicted molar refractivity (Wildman–Crippen MR) is 100 cm³/mol. The summed E-state index contributed by atoms with van der Waals surface area (Å²) in [4.78, 5) is 26.2. The zero-order valence-corrected chi connectivity index (χ0v) is 16.3. The van der Waals surface area contributed by atoms with Crippen molar-refractivity contribution in [1.29, 1.82) is 0 Å². The van der Waals surface area contributed by atoms with Gasteiger partial charge in [0, 0.05) is 29.2 Å². The average Bonchev–Trinajstić information content (AvgIpc) is 2.88. The fourth-order valence-electron chi connectivity index (χ4n) is 2.81. The Kier molecular flexibility index (Phi) is 7.50. The van der Waals surface area contributed by atoms with E-state index < -0.39 is 12.1 Å². The summed E-state index contributed by atoms with van der Waals surface area (Å²) in [5.41, 5.74) is 0.750. The van der Waals surface area contributed by atoms with Gasteiger partial charge in [-0.05, 0) is 44.0 Å². The lowest BCUT2D eigenvalue weighted by atomic mass is 10.2. The van der Waals surface area contributed by atoms with E-state index in [0.29, 0.717) is 5.75 Å². The number of hydrogen-bond donors (Lipinski definition) is 0. The molecule has 0 radical (unpaired) electrons. The van der Waals surface area contributed by atoms with Crippen molar-refractivity contribution in [2.24, 2.45) is 0 Å². The summed E-state index contributed by atoms with van der Waals surface area (Å²) in [6, 6.07) is 5.51. The van der Waals surface area contributed by atoms with Crippen LogP contribution in [-0.4, -0.2) is 43.1 Å². The molecule has 0 aromatic heterocycles. The van der Waals surface area contributed by atoms with Crippen LogP contribution in [0.15, 0.2) is 28.7 Å². The molecule has 1 aliphatic heterocycles. The number of ether oxygens (including phenoxy) is 2. The van der Waals surface area contributed by atoms with Crippen LogP contribution in [0.4, 0.5) is 0 Å². The molecule has 2 rings (SSSR count). The summed E-state index contributed by atoms with van der Waals surface area (Å²) in [6.45, 7) is 3.11. The molecule has 1 saturated heterocycles. The molecule has 6 heteroatoms. The minimum atomic E-state index is -0.778. The Labute approximate surface area is 157 Å². The van der Waals surface area contributed by atoms with Crippen molar-refractivity contribution >= 4 is 33.9 Å². The SMILES string of the molecule is COc1ccc(Br)cc1/C=C/C(=O)O[C@@H](C)C(=O)N1CCCCCC1. The van der Waals surface area contributed by atoms with E-state index in [1.165, 1.54) is 6.08 Å². The molecule has 136 valence electrons. The summed E-state index contributed by atoms with van der Waals surface area (Å²) in [6.07, 6.45) is 6.47. The molecule has 25 heavy (non-hydrogen) atoms. The van der Waals surface area contributed by atoms with Gasteiger partial charge in [0.25, 0.3) is 5.91 Å². The van der Waals surface area contributed by atoms with Crippen LogP contribution in [0.25, 0.3) is 6.08 Å². The van der Waals surface area contributed by atoms with Gasteiger partial charge >= 0.3 is 5.97 Å². The molecule has 0 aliphatic carbocycles. The first kappa shape index (κ1) is 19.5. The number of likely N-dealkylation sites (tertiary alicyclic amines) is 1. The number of hydrogen-bond acceptors (Lipinski definition) is 4. The molecule has 1 heterocycles. The van der Waals surface area contributed by atoms with E-state index in [4.69, 9.17) is 9.47 Å². The Morgan fingerprint density at radius 1 is 1.20 bits per heavy atom. The van der Waals surface area contributed by atoms with E-state index in [1.54, 1.807) is 31.1 Å². The monoisotopic (exact) mass is 409 g/mol. The largest absolute Gasteiger partial charge is 0.496 e. The molecule has 1 atom stereocenters. The van der Waals surface area contributed by atoms with E-state index in [0.717, 1.165) is 48.8 Å². The maximum atomic E-state index is 12.4. The van der Waals surface area contributed by atoms with Gasteiger partial charge in [-0.15, -0.1) is 0 Å². The topological polar surface area (TPSA) is 55.8 Å². The second-order valence-corrected chi connectivity index (χ2v) is 6.95. The molecule has 0 bridgehead atoms. The summed E-state index contributed by atoms with van der Waals surface area (Å²) in [5.74, 6) is -0.0117. The number of esters is 1. The Hall–Kier alpha value is -1.82. The molecule has 1 aromatic rings. The number of rotatable bonds is 5. The van der Waals surface area contributed by atoms with Crippen molar-refractivity contribution < 1.29 is 19.1 Å². The Morgan fingerprint density at radius 2 is 1.88 bits per heavy atom. The minimum absolute atomic E-state index is 0.122. The predicted octanol–water partition coefficient (Wildman–Crippen LogP) is 3.81. The molecule has 0 spiro atoms. The van der Waals surface area contributed by atoms with E-state index in [1.807, 2.05) is 12.1 Å². The third-order valence-electron chi connectivity index (χ3n) is 4.15. The number of carbonyl (C=O) groups is 2. The highest BCUT2D eigenvalue weighted by Gasteiger charge is 2.23. The standard InChI is InChI=1S/C19H24BrNO4/c1-14(19(23)21-11-5-3-4-6-12-21)25-18(22)10-7-15-13-16(20)8-9-17(15)24-2/h7-10,13-14H,3-6,11-12H2,1-2H3/b10-7+/t14-/m0/s1. The quantitative estimate of drug-likeness (QED) is 0.547. The van der Waals surface area contributed by atoms with Crippen LogP contribution < -0.4 is 4.74 Å². The lowest BCUT2D eigenvalue weighted by molar-refractivity contribution is -0.155. The van der Waals surface area contributed by atoms with Gasteiger partial charge in [-0.25, -0.2) is 4.79 Å². The van der Waals surface area contributed by atoms with Crippen molar-refractivity contribution in [2.45, 2.75) is 38.7 Å². The number of benzene rings is 1. The van der Waals surface area contributed by atoms with Gasteiger partial charge in [0.15, 0.2) is 6.10 Å². The van der Waals surface area contributed by atoms with E-state index >= 15 is 0 Å². The van der Waals surface area contributed by atoms with Crippen molar-refractivity contribution in [2.75, 3.05) is 20.2 Å². The Bertz CT molecular complexity index is 636. The van der Waals surface area contributed by atoms with Gasteiger partial charge in [-0.2, -0.15) is 0 Å². The number of halogens is 1. The summed E-state index contributed by atoms with van der Waals surface area (Å²) >= 11 is 3.39. The average molecular weight is 410 g/mol. The van der Waals surface area contributed by atoms with E-state index in [9.17, 15) is 9.59 Å². The molecule has 1 fully saturated rings. The highest BCUT2D eigenvalue weighted by Crippen LogP contribution is 2.24. The molecule has 0 N–H and O–H groups in total. The zero-order valence-electron chi connectivity index (χ0n) is 14.7. The summed E-state index contributed by atoms with van der Waals surface area (Å²) in [7, 11) is 1.57. The van der Waals surface area contributed by atoms with Crippen LogP contribution in [-0.2, 0) is 14.3 Å². The first-order valence-electron chi connectivity index (χ1n) is 8.52. The fourth-order valence-corrected chi connectivity index (χ4v) is 3.18. The number of methoxy groups -OCH3 is 1. The summed E-state index contributed by atoms with van der Waals surface area (Å²) in [5, 5.41) is 0. The van der Waals surface area contributed by atoms with Crippen molar-refractivity contribution in [1.82, 2.24) is 4.90 Å². The maximum absolute atomic E-state index is 12.4. The molecule has 5 nitrogen and oxygen atoms in total. The maximum Gasteiger partial charge on any atom is 0.331 e. The van der Waals surface area contributed by atoms with Crippen molar-refractivity contribution in [3.05, 3.63) is 34.3 Å². The second-order valence-electron chi connectivity index (χ2n) is 6.04. The number of nitrogens with zero attached hydrogens (tertiary/aromatic N) is 1. The van der Waals surface area contributed by atoms with Gasteiger partial charge in [0.2, 0.25) is 0 Å². The van der Waals surface area contributed by atoms with Crippen LogP contribution >= 0.6 is 15.9 Å². The van der Waals surface area contributed by atoms with Crippen molar-refractivity contribution in [3.8, 4) is 5.75 Å². The number of carbonyl (C=O) groups excluding carboxylic acids is 2. The molecule has 1 aromatic carbocycles. The second kappa shape index (κ2) is 9.61. The van der Waals surface area contributed by atoms with Crippen LogP contribution in [0.2, 0.25) is 0 Å². The number of amides is 1. The van der Waals surface area contributed by atoms with Gasteiger partial charge in [-0.3, -0.25) is 4.79 Å². The highest BCUT2D eigenvalue weighted by atomic mass is 79.9. The van der Waals surface area contributed by atoms with Gasteiger partial charge in [0.05, 0.1) is 7.11 Å². The van der Waals surface area contributed by atoms with Crippen LogP contribution in [0.1, 0.15) is 38.2 Å². The molecule has 1 aliphatic rings. The lowest BCUT2D eigenvalue weighted by Crippen LogP contribution is -2.40. The molecule has 0 unspecified atom stereocenters. The fraction of sp³-hybridized carbons (Fsp3) is 0.474. The third kappa shape index (κ3) is 5.88. The van der Waals surface area contributed by atoms with E-state index in [-0.39, 0.29) is 5.91 Å². The molecular formula is C19H24BrNO4. The van der Waals surface area contributed by atoms with Gasteiger partial charge in [0.1, 0.15) is 5.75 Å². The Morgan fingerprint density at radius 3 is 2.52 bits per heavy atom. The van der Waals surface area contributed by atoms with Crippen LogP contribution in [0.3, 0.4) is 0 Å².